The van der Waals surface area contributed by atoms with Crippen molar-refractivity contribution in [1.29, 1.82) is 0 Å². The summed E-state index contributed by atoms with van der Waals surface area (Å²) < 4.78 is 34.7. The number of hydrogen-bond donors (Lipinski definition) is 1. The molecule has 0 saturated heterocycles. The molecule has 7 aromatic rings. The zero-order chi connectivity index (χ0) is 37.4. The molecule has 0 spiro atoms. The fourth-order valence-electron chi connectivity index (χ4n) is 6.79. The molecule has 272 valence electrons. The van der Waals surface area contributed by atoms with Crippen LogP contribution in [0.4, 0.5) is 0 Å². The molecule has 3 aliphatic heterocycles. The normalized spacial score (nSPS) is 17.9. The summed E-state index contributed by atoms with van der Waals surface area (Å²) in [5.41, 5.74) is 5.85. The molecule has 0 radical (unpaired) electrons. The van der Waals surface area contributed by atoms with Gasteiger partial charge in [-0.2, -0.15) is 0 Å². The first kappa shape index (κ1) is 35.6. The molecule has 0 atom stereocenters. The van der Waals surface area contributed by atoms with Gasteiger partial charge in [-0.25, -0.2) is 0 Å². The molecule has 13 heteroatoms. The van der Waals surface area contributed by atoms with Crippen LogP contribution in [0.3, 0.4) is 0 Å². The standard InChI is InChI=1S/C42H28IO6P3S3/c43-52(55,48-41-20-5-6-21-42(41)49-52)36-15-9-12-30(27-36)33-23-31(28-10-7-13-34(25-28)50(53)44-37-16-1-2-17-38(37)45-50)22-32(24-33)29-11-8-14-35(26-29)51(54)46-39-18-3-4-19-40(39)47-51/h1-27,55H. The van der Waals surface area contributed by atoms with E-state index < -0.39 is 16.9 Å². The van der Waals surface area contributed by atoms with Crippen molar-refractivity contribution in [2.75, 3.05) is 0 Å². The minimum atomic E-state index is -3.61. The molecule has 6 nitrogen and oxygen atoms in total. The van der Waals surface area contributed by atoms with Gasteiger partial charge in [0.05, 0.1) is 0 Å². The van der Waals surface area contributed by atoms with Crippen molar-refractivity contribution in [3.8, 4) is 67.9 Å². The van der Waals surface area contributed by atoms with Crippen LogP contribution < -0.4 is 43.1 Å². The van der Waals surface area contributed by atoms with Gasteiger partial charge in [-0.1, -0.05) is 24.3 Å². The van der Waals surface area contributed by atoms with Crippen molar-refractivity contribution >= 4 is 90.7 Å². The molecule has 10 rings (SSSR count). The second-order valence-electron chi connectivity index (χ2n) is 13.2. The van der Waals surface area contributed by atoms with Gasteiger partial charge in [0.25, 0.3) is 0 Å². The van der Waals surface area contributed by atoms with E-state index in [1.54, 1.807) is 0 Å². The Kier molecular flexibility index (Phi) is 8.47. The number of fused-ring (bicyclic) bond motifs is 3. The number of para-hydroxylation sites is 6. The molecule has 3 heterocycles. The van der Waals surface area contributed by atoms with E-state index in [1.807, 2.05) is 109 Å². The van der Waals surface area contributed by atoms with Gasteiger partial charge in [0.15, 0.2) is 0 Å². The number of thiol groups is 1. The van der Waals surface area contributed by atoms with Crippen LogP contribution in [0, 0.1) is 0 Å². The predicted octanol–water partition coefficient (Wildman–Crippen LogP) is 12.2. The molecule has 0 bridgehead atoms. The van der Waals surface area contributed by atoms with Crippen molar-refractivity contribution < 1.29 is 27.1 Å². The Morgan fingerprint density at radius 3 is 1.15 bits per heavy atom. The van der Waals surface area contributed by atoms with Crippen LogP contribution in [0.1, 0.15) is 0 Å². The average molecular weight is 945 g/mol. The van der Waals surface area contributed by atoms with E-state index in [0.717, 1.165) is 49.3 Å². The van der Waals surface area contributed by atoms with Crippen LogP contribution in [0.25, 0.3) is 33.4 Å². The van der Waals surface area contributed by atoms with Gasteiger partial charge in [-0.15, -0.1) is 0 Å². The molecule has 7 aromatic carbocycles. The van der Waals surface area contributed by atoms with Crippen molar-refractivity contribution in [1.82, 2.24) is 0 Å². The molecular weight excluding hydrogens is 916 g/mol. The Bertz CT molecular complexity index is 2610. The molecule has 0 N–H and O–H groups in total. The number of rotatable bonds is 6. The predicted molar refractivity (Wildman–Crippen MR) is 243 cm³/mol. The third-order valence-electron chi connectivity index (χ3n) is 9.46. The van der Waals surface area contributed by atoms with E-state index >= 15 is 0 Å². The van der Waals surface area contributed by atoms with Gasteiger partial charge in [0.1, 0.15) is 0 Å². The monoisotopic (exact) mass is 944 g/mol. The SMILES string of the molecule is S=P1(c2cccc(-c3cc(-c4cccc(P5(=S)Oc6ccccc6O5)c4)cc(-c4cccc(P5(S)(I)Oc6ccccc6O5)c4)c3)c2)Oc2ccccc2O1. The summed E-state index contributed by atoms with van der Waals surface area (Å²) in [6.07, 6.45) is 0. The topological polar surface area (TPSA) is 55.4 Å². The zero-order valence-electron chi connectivity index (χ0n) is 28.5. The van der Waals surface area contributed by atoms with Crippen molar-refractivity contribution in [3.05, 3.63) is 164 Å². The van der Waals surface area contributed by atoms with E-state index in [-0.39, 0.29) is 0 Å². The van der Waals surface area contributed by atoms with Gasteiger partial charge in [-0.3, -0.25) is 0 Å². The van der Waals surface area contributed by atoms with Crippen LogP contribution in [0.2, 0.25) is 0 Å². The number of halogens is 1. The molecule has 0 aromatic heterocycles. The fourth-order valence-corrected chi connectivity index (χ4v) is 16.7. The summed E-state index contributed by atoms with van der Waals surface area (Å²) in [5.74, 6) is 4.02. The summed E-state index contributed by atoms with van der Waals surface area (Å²) in [5, 5.41) is 2.51. The third-order valence-corrected chi connectivity index (χ3v) is 21.4. The maximum atomic E-state index is 6.53. The first-order valence-corrected chi connectivity index (χ1v) is 28.4. The van der Waals surface area contributed by atoms with Crippen LogP contribution in [-0.4, -0.2) is 0 Å². The van der Waals surface area contributed by atoms with Gasteiger partial charge in [0.2, 0.25) is 0 Å². The first-order valence-electron chi connectivity index (χ1n) is 17.2. The Balaban J connectivity index is 1.09. The van der Waals surface area contributed by atoms with Gasteiger partial charge < -0.3 is 0 Å². The Morgan fingerprint density at radius 2 is 0.745 bits per heavy atom. The van der Waals surface area contributed by atoms with Crippen LogP contribution in [-0.2, 0) is 23.6 Å². The zero-order valence-corrected chi connectivity index (χ0v) is 35.9. The summed E-state index contributed by atoms with van der Waals surface area (Å²) >= 11 is 19.6. The van der Waals surface area contributed by atoms with Gasteiger partial charge in [-0.05, 0) is 24.3 Å². The van der Waals surface area contributed by atoms with Gasteiger partial charge in [0, 0.05) is 0 Å². The summed E-state index contributed by atoms with van der Waals surface area (Å²) in [6, 6.07) is 54.0. The first-order chi connectivity index (χ1) is 26.5. The summed E-state index contributed by atoms with van der Waals surface area (Å²) in [4.78, 5) is 0. The van der Waals surface area contributed by atoms with E-state index in [4.69, 9.17) is 63.0 Å². The summed E-state index contributed by atoms with van der Waals surface area (Å²) in [7, 11) is 0. The Morgan fingerprint density at radius 1 is 0.400 bits per heavy atom. The van der Waals surface area contributed by atoms with Crippen molar-refractivity contribution in [2.45, 2.75) is 0 Å². The minimum absolute atomic E-state index is 0.664. The molecular formula is C42H28IO6P3S3. The van der Waals surface area contributed by atoms with Crippen molar-refractivity contribution in [2.24, 2.45) is 0 Å². The number of hydrogen-bond acceptors (Lipinski definition) is 9. The summed E-state index contributed by atoms with van der Waals surface area (Å²) in [6.45, 7) is -5.67. The maximum absolute atomic E-state index is 6.53. The Hall–Kier alpha value is -3.85. The van der Waals surface area contributed by atoms with Gasteiger partial charge >= 0.3 is 301 Å². The molecule has 0 saturated carbocycles. The number of benzene rings is 7. The van der Waals surface area contributed by atoms with Crippen LogP contribution in [0.15, 0.2) is 164 Å². The van der Waals surface area contributed by atoms with E-state index in [1.165, 1.54) is 0 Å². The average Bonchev–Trinajstić information content (AvgIpc) is 3.86. The van der Waals surface area contributed by atoms with Crippen molar-refractivity contribution in [3.63, 3.8) is 0 Å². The molecule has 55 heavy (non-hydrogen) atoms. The second-order valence-corrected chi connectivity index (χ2v) is 32.0. The molecule has 0 fully saturated rings. The molecule has 3 aliphatic rings. The van der Waals surface area contributed by atoms with Crippen LogP contribution >= 0.6 is 51.2 Å². The quantitative estimate of drug-likeness (QED) is 0.101. The van der Waals surface area contributed by atoms with E-state index in [0.29, 0.717) is 34.5 Å². The molecule has 0 aliphatic carbocycles. The van der Waals surface area contributed by atoms with E-state index in [2.05, 4.69) is 76.6 Å². The fraction of sp³-hybridized carbons (Fsp3) is 0. The third kappa shape index (κ3) is 6.37. The molecule has 0 unspecified atom stereocenters. The Labute approximate surface area is 346 Å². The second kappa shape index (κ2) is 13.1. The van der Waals surface area contributed by atoms with E-state index in [9.17, 15) is 0 Å². The van der Waals surface area contributed by atoms with Crippen LogP contribution in [0.5, 0.6) is 34.5 Å². The molecule has 0 amide bonds.